The maximum atomic E-state index is 6.06. The molecule has 2 heterocycles. The number of rotatable bonds is 5. The topological polar surface area (TPSA) is 52.5 Å². The minimum Gasteiger partial charge on any atom is -0.491 e. The second kappa shape index (κ2) is 6.94. The van der Waals surface area contributed by atoms with Crippen LogP contribution in [0.1, 0.15) is 19.5 Å². The second-order valence-electron chi connectivity index (χ2n) is 6.42. The van der Waals surface area contributed by atoms with Gasteiger partial charge in [-0.2, -0.15) is 0 Å². The Morgan fingerprint density at radius 3 is 2.42 bits per heavy atom. The smallest absolute Gasteiger partial charge is 0.195 e. The van der Waals surface area contributed by atoms with Gasteiger partial charge in [0.2, 0.25) is 0 Å². The van der Waals surface area contributed by atoms with Crippen LogP contribution in [0.4, 0.5) is 0 Å². The SMILES string of the molecule is CC(C)Oc1ccc(-c2nc3sc(-c4ccccc4)cn3c2CN)cc1. The van der Waals surface area contributed by atoms with E-state index < -0.39 is 0 Å². The van der Waals surface area contributed by atoms with E-state index >= 15 is 0 Å². The van der Waals surface area contributed by atoms with Crippen LogP contribution in [0.15, 0.2) is 60.8 Å². The Labute approximate surface area is 156 Å². The summed E-state index contributed by atoms with van der Waals surface area (Å²) in [5.74, 6) is 0.866. The number of hydrogen-bond acceptors (Lipinski definition) is 4. The second-order valence-corrected chi connectivity index (χ2v) is 7.43. The third-order valence-electron chi connectivity index (χ3n) is 4.18. The van der Waals surface area contributed by atoms with Gasteiger partial charge in [-0.05, 0) is 43.7 Å². The third kappa shape index (κ3) is 3.11. The highest BCUT2D eigenvalue weighted by Crippen LogP contribution is 2.33. The van der Waals surface area contributed by atoms with Crippen LogP contribution in [0, 0.1) is 0 Å². The van der Waals surface area contributed by atoms with Crippen LogP contribution in [0.3, 0.4) is 0 Å². The van der Waals surface area contributed by atoms with Crippen molar-refractivity contribution in [1.29, 1.82) is 0 Å². The highest BCUT2D eigenvalue weighted by molar-refractivity contribution is 7.20. The Morgan fingerprint density at radius 2 is 1.77 bits per heavy atom. The lowest BCUT2D eigenvalue weighted by Crippen LogP contribution is -2.05. The number of thiazole rings is 1. The van der Waals surface area contributed by atoms with E-state index in [-0.39, 0.29) is 6.10 Å². The molecule has 5 heteroatoms. The Balaban J connectivity index is 1.73. The number of aromatic nitrogens is 2. The number of imidazole rings is 1. The summed E-state index contributed by atoms with van der Waals surface area (Å²) in [6.07, 6.45) is 2.29. The Kier molecular flexibility index (Phi) is 4.49. The molecule has 26 heavy (non-hydrogen) atoms. The van der Waals surface area contributed by atoms with Crippen LogP contribution in [-0.2, 0) is 6.54 Å². The van der Waals surface area contributed by atoms with Crippen LogP contribution in [0.25, 0.3) is 26.7 Å². The molecule has 4 nitrogen and oxygen atoms in total. The third-order valence-corrected chi connectivity index (χ3v) is 5.21. The van der Waals surface area contributed by atoms with Crippen LogP contribution >= 0.6 is 11.3 Å². The average molecular weight is 363 g/mol. The van der Waals surface area contributed by atoms with Crippen LogP contribution < -0.4 is 10.5 Å². The minimum atomic E-state index is 0.162. The number of nitrogens with zero attached hydrogens (tertiary/aromatic N) is 2. The van der Waals surface area contributed by atoms with Crippen LogP contribution in [0.2, 0.25) is 0 Å². The zero-order valence-corrected chi connectivity index (χ0v) is 15.7. The van der Waals surface area contributed by atoms with E-state index in [2.05, 4.69) is 22.7 Å². The van der Waals surface area contributed by atoms with Crippen molar-refractivity contribution in [3.05, 3.63) is 66.5 Å². The molecule has 2 N–H and O–H groups in total. The standard InChI is InChI=1S/C21H21N3OS/c1-14(2)25-17-10-8-16(9-11-17)20-18(12-22)24-13-19(26-21(24)23-20)15-6-4-3-5-7-15/h3-11,13-14H,12,22H2,1-2H3. The lowest BCUT2D eigenvalue weighted by atomic mass is 10.1. The molecule has 0 radical (unpaired) electrons. The predicted molar refractivity (Wildman–Crippen MR) is 108 cm³/mol. The van der Waals surface area contributed by atoms with Crippen LogP contribution in [0.5, 0.6) is 5.75 Å². The Morgan fingerprint density at radius 1 is 1.04 bits per heavy atom. The van der Waals surface area contributed by atoms with E-state index in [0.29, 0.717) is 6.54 Å². The lowest BCUT2D eigenvalue weighted by molar-refractivity contribution is 0.242. The summed E-state index contributed by atoms with van der Waals surface area (Å²) >= 11 is 1.68. The number of benzene rings is 2. The molecule has 4 rings (SSSR count). The molecular formula is C21H21N3OS. The van der Waals surface area contributed by atoms with Crippen molar-refractivity contribution in [2.24, 2.45) is 5.73 Å². The largest absolute Gasteiger partial charge is 0.491 e. The summed E-state index contributed by atoms with van der Waals surface area (Å²) in [7, 11) is 0. The summed E-state index contributed by atoms with van der Waals surface area (Å²) in [6, 6.07) is 18.4. The zero-order chi connectivity index (χ0) is 18.1. The summed E-state index contributed by atoms with van der Waals surface area (Å²) in [5, 5.41) is 0. The summed E-state index contributed by atoms with van der Waals surface area (Å²) < 4.78 is 7.83. The van der Waals surface area contributed by atoms with Crippen molar-refractivity contribution in [2.75, 3.05) is 0 Å². The van der Waals surface area contributed by atoms with Gasteiger partial charge in [0.25, 0.3) is 0 Å². The van der Waals surface area contributed by atoms with Crippen molar-refractivity contribution in [2.45, 2.75) is 26.5 Å². The molecule has 0 fully saturated rings. The summed E-state index contributed by atoms with van der Waals surface area (Å²) in [4.78, 5) is 7.00. The van der Waals surface area contributed by atoms with Gasteiger partial charge < -0.3 is 10.5 Å². The molecule has 0 amide bonds. The zero-order valence-electron chi connectivity index (χ0n) is 14.8. The van der Waals surface area contributed by atoms with E-state index in [1.54, 1.807) is 11.3 Å². The highest BCUT2D eigenvalue weighted by Gasteiger charge is 2.16. The van der Waals surface area contributed by atoms with Crippen molar-refractivity contribution in [3.63, 3.8) is 0 Å². The van der Waals surface area contributed by atoms with Gasteiger partial charge in [0.05, 0.1) is 22.4 Å². The molecular weight excluding hydrogens is 342 g/mol. The summed E-state index contributed by atoms with van der Waals surface area (Å²) in [5.41, 5.74) is 10.3. The van der Waals surface area contributed by atoms with E-state index in [9.17, 15) is 0 Å². The fraction of sp³-hybridized carbons (Fsp3) is 0.190. The first kappa shape index (κ1) is 16.8. The van der Waals surface area contributed by atoms with Gasteiger partial charge in [0.15, 0.2) is 4.96 Å². The van der Waals surface area contributed by atoms with E-state index in [0.717, 1.165) is 27.7 Å². The fourth-order valence-electron chi connectivity index (χ4n) is 3.02. The number of fused-ring (bicyclic) bond motifs is 1. The highest BCUT2D eigenvalue weighted by atomic mass is 32.1. The molecule has 0 unspecified atom stereocenters. The first-order valence-electron chi connectivity index (χ1n) is 8.69. The maximum Gasteiger partial charge on any atom is 0.195 e. The van der Waals surface area contributed by atoms with Gasteiger partial charge >= 0.3 is 0 Å². The maximum absolute atomic E-state index is 6.06. The number of ether oxygens (including phenoxy) is 1. The average Bonchev–Trinajstić information content (AvgIpc) is 3.20. The van der Waals surface area contributed by atoms with Crippen molar-refractivity contribution in [1.82, 2.24) is 9.38 Å². The fourth-order valence-corrected chi connectivity index (χ4v) is 4.02. The Hall–Kier alpha value is -2.63. The van der Waals surface area contributed by atoms with Gasteiger partial charge in [0.1, 0.15) is 5.75 Å². The monoisotopic (exact) mass is 363 g/mol. The van der Waals surface area contributed by atoms with E-state index in [1.165, 1.54) is 10.4 Å². The minimum absolute atomic E-state index is 0.162. The molecule has 2 aromatic carbocycles. The molecule has 4 aromatic rings. The molecule has 0 saturated carbocycles. The van der Waals surface area contributed by atoms with E-state index in [4.69, 9.17) is 15.5 Å². The van der Waals surface area contributed by atoms with E-state index in [1.807, 2.05) is 56.3 Å². The van der Waals surface area contributed by atoms with Crippen molar-refractivity contribution >= 4 is 16.3 Å². The van der Waals surface area contributed by atoms with Gasteiger partial charge in [-0.3, -0.25) is 4.40 Å². The first-order chi connectivity index (χ1) is 12.7. The van der Waals surface area contributed by atoms with Gasteiger partial charge in [-0.25, -0.2) is 4.98 Å². The molecule has 2 aromatic heterocycles. The number of hydrogen-bond donors (Lipinski definition) is 1. The van der Waals surface area contributed by atoms with Crippen molar-refractivity contribution in [3.8, 4) is 27.4 Å². The molecule has 0 saturated heterocycles. The van der Waals surface area contributed by atoms with Gasteiger partial charge in [0, 0.05) is 18.3 Å². The Bertz CT molecular complexity index is 1020. The molecule has 0 aliphatic carbocycles. The van der Waals surface area contributed by atoms with Gasteiger partial charge in [-0.15, -0.1) is 0 Å². The lowest BCUT2D eigenvalue weighted by Gasteiger charge is -2.10. The van der Waals surface area contributed by atoms with Crippen LogP contribution in [-0.4, -0.2) is 15.5 Å². The molecule has 0 atom stereocenters. The quantitative estimate of drug-likeness (QED) is 0.544. The molecule has 0 aliphatic rings. The molecule has 0 aliphatic heterocycles. The molecule has 0 bridgehead atoms. The first-order valence-corrected chi connectivity index (χ1v) is 9.50. The predicted octanol–water partition coefficient (Wildman–Crippen LogP) is 4.98. The molecule has 0 spiro atoms. The van der Waals surface area contributed by atoms with Crippen molar-refractivity contribution < 1.29 is 4.74 Å². The number of nitrogens with two attached hydrogens (primary N) is 1. The normalized spacial score (nSPS) is 11.4. The van der Waals surface area contributed by atoms with Gasteiger partial charge in [-0.1, -0.05) is 41.7 Å². The summed E-state index contributed by atoms with van der Waals surface area (Å²) in [6.45, 7) is 4.48. The molecule has 132 valence electrons.